The van der Waals surface area contributed by atoms with Crippen LogP contribution in [0, 0.1) is 10.8 Å². The third-order valence-electron chi connectivity index (χ3n) is 11.4. The molecule has 4 fully saturated rings. The van der Waals surface area contributed by atoms with E-state index in [9.17, 15) is 14.4 Å². The number of likely N-dealkylation sites (tertiary alicyclic amines) is 1. The Labute approximate surface area is 294 Å². The van der Waals surface area contributed by atoms with E-state index in [4.69, 9.17) is 0 Å². The van der Waals surface area contributed by atoms with E-state index in [1.54, 1.807) is 6.92 Å². The van der Waals surface area contributed by atoms with Crippen LogP contribution in [-0.2, 0) is 4.79 Å². The Balaban J connectivity index is 0.000000192. The Kier molecular flexibility index (Phi) is 13.0. The molecule has 2 saturated heterocycles. The summed E-state index contributed by atoms with van der Waals surface area (Å²) in [5.41, 5.74) is 2.04. The van der Waals surface area contributed by atoms with Crippen molar-refractivity contribution in [3.05, 3.63) is 60.7 Å². The van der Waals surface area contributed by atoms with Gasteiger partial charge in [-0.3, -0.25) is 4.79 Å². The number of nitrogens with one attached hydrogen (secondary N) is 3. The minimum Gasteiger partial charge on any atom is -0.343 e. The van der Waals surface area contributed by atoms with E-state index in [1.165, 1.54) is 25.7 Å². The highest BCUT2D eigenvalue weighted by Crippen LogP contribution is 2.36. The largest absolute Gasteiger partial charge is 0.343 e. The topological polar surface area (TPSA) is 97.0 Å². The maximum absolute atomic E-state index is 13.0. The number of rotatable bonds is 8. The van der Waals surface area contributed by atoms with E-state index >= 15 is 0 Å². The molecule has 0 aromatic heterocycles. The molecule has 2 aliphatic carbocycles. The van der Waals surface area contributed by atoms with Crippen molar-refractivity contribution in [2.45, 2.75) is 110 Å². The molecule has 0 radical (unpaired) electrons. The summed E-state index contributed by atoms with van der Waals surface area (Å²) in [6.45, 7) is 11.6. The van der Waals surface area contributed by atoms with Gasteiger partial charge in [-0.2, -0.15) is 0 Å². The highest BCUT2D eigenvalue weighted by Gasteiger charge is 2.38. The van der Waals surface area contributed by atoms with E-state index in [0.717, 1.165) is 102 Å². The van der Waals surface area contributed by atoms with E-state index in [2.05, 4.69) is 39.6 Å². The SMILES string of the molecule is CC(=O)N1CCC(C)(CN(C(=O)Nc2ccccc2)C2CCCC2)CC1.CC1(CN(C(=O)Nc2ccccc2)C2CCCC2)CCNCC1. The lowest BCUT2D eigenvalue weighted by molar-refractivity contribution is -0.131. The number of urea groups is 2. The smallest absolute Gasteiger partial charge is 0.322 e. The average molecular weight is 673 g/mol. The fraction of sp³-hybridized carbons (Fsp3) is 0.625. The van der Waals surface area contributed by atoms with E-state index in [-0.39, 0.29) is 28.8 Å². The Bertz CT molecular complexity index is 1330. The van der Waals surface area contributed by atoms with E-state index in [0.29, 0.717) is 12.1 Å². The minimum atomic E-state index is 0.0123. The van der Waals surface area contributed by atoms with Crippen LogP contribution >= 0.6 is 0 Å². The highest BCUT2D eigenvalue weighted by molar-refractivity contribution is 5.90. The average Bonchev–Trinajstić information content (AvgIpc) is 3.84. The molecule has 2 heterocycles. The number of carbonyl (C=O) groups is 3. The van der Waals surface area contributed by atoms with Gasteiger partial charge in [0.2, 0.25) is 5.91 Å². The molecule has 2 saturated carbocycles. The van der Waals surface area contributed by atoms with Crippen molar-refractivity contribution >= 4 is 29.3 Å². The van der Waals surface area contributed by atoms with Gasteiger partial charge in [0.05, 0.1) is 0 Å². The molecule has 0 unspecified atom stereocenters. The number of anilines is 2. The summed E-state index contributed by atoms with van der Waals surface area (Å²) in [6, 6.07) is 20.3. The summed E-state index contributed by atoms with van der Waals surface area (Å²) < 4.78 is 0. The van der Waals surface area contributed by atoms with Gasteiger partial charge in [-0.25, -0.2) is 9.59 Å². The third kappa shape index (κ3) is 10.7. The Morgan fingerprint density at radius 2 is 1.06 bits per heavy atom. The predicted octanol–water partition coefficient (Wildman–Crippen LogP) is 7.96. The van der Waals surface area contributed by atoms with Crippen molar-refractivity contribution in [3.63, 3.8) is 0 Å². The van der Waals surface area contributed by atoms with Crippen LogP contribution in [0.15, 0.2) is 60.7 Å². The first kappa shape index (κ1) is 36.7. The molecule has 2 aliphatic heterocycles. The number of benzene rings is 2. The molecule has 268 valence electrons. The van der Waals surface area contributed by atoms with Gasteiger partial charge in [0.15, 0.2) is 0 Å². The van der Waals surface area contributed by atoms with Gasteiger partial charge >= 0.3 is 12.1 Å². The van der Waals surface area contributed by atoms with Gasteiger partial charge in [-0.15, -0.1) is 0 Å². The van der Waals surface area contributed by atoms with Crippen molar-refractivity contribution in [1.29, 1.82) is 0 Å². The second-order valence-corrected chi connectivity index (χ2v) is 15.6. The van der Waals surface area contributed by atoms with Gasteiger partial charge < -0.3 is 30.7 Å². The molecular formula is C40H60N6O3. The van der Waals surface area contributed by atoms with Crippen molar-refractivity contribution in [2.75, 3.05) is 49.9 Å². The molecule has 0 bridgehead atoms. The Hall–Kier alpha value is -3.59. The first-order chi connectivity index (χ1) is 23.6. The Morgan fingerprint density at radius 1 is 0.673 bits per heavy atom. The molecule has 2 aromatic rings. The molecule has 0 spiro atoms. The van der Waals surface area contributed by atoms with E-state index < -0.39 is 0 Å². The van der Waals surface area contributed by atoms with Crippen LogP contribution in [0.3, 0.4) is 0 Å². The first-order valence-corrected chi connectivity index (χ1v) is 18.8. The first-order valence-electron chi connectivity index (χ1n) is 18.8. The van der Waals surface area contributed by atoms with Crippen LogP contribution in [0.4, 0.5) is 21.0 Å². The number of hydrogen-bond donors (Lipinski definition) is 3. The number of hydrogen-bond acceptors (Lipinski definition) is 4. The van der Waals surface area contributed by atoms with Crippen LogP contribution < -0.4 is 16.0 Å². The normalized spacial score (nSPS) is 20.5. The molecule has 6 rings (SSSR count). The lowest BCUT2D eigenvalue weighted by atomic mass is 9.79. The molecule has 5 amide bonds. The Morgan fingerprint density at radius 3 is 1.45 bits per heavy atom. The third-order valence-corrected chi connectivity index (χ3v) is 11.4. The van der Waals surface area contributed by atoms with Gasteiger partial charge in [-0.05, 0) is 99.6 Å². The van der Waals surface area contributed by atoms with Crippen LogP contribution in [0.1, 0.15) is 97.8 Å². The van der Waals surface area contributed by atoms with Crippen molar-refractivity contribution in [1.82, 2.24) is 20.0 Å². The summed E-state index contributed by atoms with van der Waals surface area (Å²) in [6.07, 6.45) is 13.6. The number of nitrogens with zero attached hydrogens (tertiary/aromatic N) is 3. The van der Waals surface area contributed by atoms with Gasteiger partial charge in [0.1, 0.15) is 0 Å². The predicted molar refractivity (Wildman–Crippen MR) is 199 cm³/mol. The van der Waals surface area contributed by atoms with Crippen LogP contribution in [0.2, 0.25) is 0 Å². The standard InChI is InChI=1S/C21H31N3O2.C19H29N3O/c1-17(25)23-14-12-21(2,13-15-23)16-24(19-10-6-7-11-19)20(26)22-18-8-4-3-5-9-18;1-19(11-13-20-14-12-19)15-22(17-9-5-6-10-17)18(23)21-16-7-3-2-4-8-16/h3-5,8-9,19H,6-7,10-16H2,1-2H3,(H,22,26);2-4,7-8,17,20H,5-6,9-15H2,1H3,(H,21,23). The lowest BCUT2D eigenvalue weighted by Crippen LogP contribution is -2.51. The van der Waals surface area contributed by atoms with Crippen molar-refractivity contribution in [2.24, 2.45) is 10.8 Å². The number of piperidine rings is 2. The van der Waals surface area contributed by atoms with Crippen molar-refractivity contribution in [3.8, 4) is 0 Å². The molecule has 3 N–H and O–H groups in total. The molecule has 9 nitrogen and oxygen atoms in total. The molecule has 4 aliphatic rings. The monoisotopic (exact) mass is 672 g/mol. The van der Waals surface area contributed by atoms with Crippen molar-refractivity contribution < 1.29 is 14.4 Å². The zero-order valence-corrected chi connectivity index (χ0v) is 30.2. The zero-order chi connectivity index (χ0) is 34.7. The van der Waals surface area contributed by atoms with Gasteiger partial charge in [-0.1, -0.05) is 75.9 Å². The summed E-state index contributed by atoms with van der Waals surface area (Å²) in [7, 11) is 0. The van der Waals surface area contributed by atoms with Crippen LogP contribution in [0.25, 0.3) is 0 Å². The summed E-state index contributed by atoms with van der Waals surface area (Å²) in [5.74, 6) is 0.154. The molecular weight excluding hydrogens is 612 g/mol. The summed E-state index contributed by atoms with van der Waals surface area (Å²) in [4.78, 5) is 43.7. The number of carbonyl (C=O) groups excluding carboxylic acids is 3. The molecule has 2 aromatic carbocycles. The van der Waals surface area contributed by atoms with Gasteiger partial charge in [0, 0.05) is 56.6 Å². The molecule has 49 heavy (non-hydrogen) atoms. The fourth-order valence-corrected chi connectivity index (χ4v) is 8.13. The number of para-hydroxylation sites is 2. The van der Waals surface area contributed by atoms with Gasteiger partial charge in [0.25, 0.3) is 0 Å². The second-order valence-electron chi connectivity index (χ2n) is 15.6. The van der Waals surface area contributed by atoms with Crippen LogP contribution in [0.5, 0.6) is 0 Å². The van der Waals surface area contributed by atoms with Crippen LogP contribution in [-0.4, -0.2) is 84.0 Å². The zero-order valence-electron chi connectivity index (χ0n) is 30.2. The highest BCUT2D eigenvalue weighted by atomic mass is 16.2. The fourth-order valence-electron chi connectivity index (χ4n) is 8.13. The maximum atomic E-state index is 13.0. The number of amides is 5. The second kappa shape index (κ2) is 17.4. The molecule has 9 heteroatoms. The molecule has 0 atom stereocenters. The summed E-state index contributed by atoms with van der Waals surface area (Å²) >= 11 is 0. The quantitative estimate of drug-likeness (QED) is 0.265. The van der Waals surface area contributed by atoms with E-state index in [1.807, 2.05) is 65.6 Å². The summed E-state index contributed by atoms with van der Waals surface area (Å²) in [5, 5.41) is 9.60. The lowest BCUT2D eigenvalue weighted by Gasteiger charge is -2.43. The minimum absolute atomic E-state index is 0.0123. The maximum Gasteiger partial charge on any atom is 0.322 e.